The molecular weight excluding hydrogens is 292 g/mol. The Labute approximate surface area is 135 Å². The summed E-state index contributed by atoms with van der Waals surface area (Å²) in [6, 6.07) is 5.48. The second-order valence-electron chi connectivity index (χ2n) is 5.80. The summed E-state index contributed by atoms with van der Waals surface area (Å²) in [4.78, 5) is 16.8. The quantitative estimate of drug-likeness (QED) is 0.639. The third-order valence-electron chi connectivity index (χ3n) is 4.25. The van der Waals surface area contributed by atoms with Crippen molar-refractivity contribution in [2.45, 2.75) is 6.92 Å². The molecule has 0 atom stereocenters. The highest BCUT2D eigenvalue weighted by atomic mass is 16.5. The maximum atomic E-state index is 12.5. The lowest BCUT2D eigenvalue weighted by molar-refractivity contribution is 0.311. The molecule has 0 bridgehead atoms. The van der Waals surface area contributed by atoms with Gasteiger partial charge in [0.15, 0.2) is 0 Å². The van der Waals surface area contributed by atoms with Crippen molar-refractivity contribution in [3.05, 3.63) is 34.2 Å². The first kappa shape index (κ1) is 15.4. The number of terminal acetylenes is 1. The van der Waals surface area contributed by atoms with Crippen LogP contribution in [0, 0.1) is 19.3 Å². The van der Waals surface area contributed by atoms with E-state index in [1.54, 1.807) is 6.07 Å². The fourth-order valence-electron chi connectivity index (χ4n) is 2.94. The van der Waals surface area contributed by atoms with Crippen molar-refractivity contribution >= 4 is 16.7 Å². The van der Waals surface area contributed by atoms with Crippen LogP contribution in [0.15, 0.2) is 27.4 Å². The molecule has 2 heterocycles. The molecule has 1 fully saturated rings. The number of fused-ring (bicyclic) bond motifs is 1. The smallest absolute Gasteiger partial charge is 0.360 e. The maximum absolute atomic E-state index is 12.5. The minimum atomic E-state index is -0.298. The van der Waals surface area contributed by atoms with Gasteiger partial charge in [0.25, 0.3) is 0 Å². The normalized spacial score (nSPS) is 15.6. The summed E-state index contributed by atoms with van der Waals surface area (Å²) >= 11 is 0. The van der Waals surface area contributed by atoms with Crippen LogP contribution in [0.2, 0.25) is 0 Å². The van der Waals surface area contributed by atoms with Crippen molar-refractivity contribution in [2.24, 2.45) is 0 Å². The van der Waals surface area contributed by atoms with Crippen molar-refractivity contribution in [1.29, 1.82) is 0 Å². The van der Waals surface area contributed by atoms with Crippen LogP contribution in [0.5, 0.6) is 5.75 Å². The molecule has 0 N–H and O–H groups in total. The molecule has 0 spiro atoms. The lowest BCUT2D eigenvalue weighted by Gasteiger charge is -2.34. The van der Waals surface area contributed by atoms with Gasteiger partial charge >= 0.3 is 5.63 Å². The van der Waals surface area contributed by atoms with Crippen LogP contribution in [-0.2, 0) is 0 Å². The molecule has 0 unspecified atom stereocenters. The van der Waals surface area contributed by atoms with Gasteiger partial charge in [0.2, 0.25) is 0 Å². The average Bonchev–Trinajstić information content (AvgIpc) is 2.54. The predicted octanol–water partition coefficient (Wildman–Crippen LogP) is 1.87. The largest absolute Gasteiger partial charge is 0.481 e. The Hall–Kier alpha value is -2.45. The molecule has 1 aromatic carbocycles. The van der Waals surface area contributed by atoms with E-state index in [9.17, 15) is 4.79 Å². The van der Waals surface area contributed by atoms with Gasteiger partial charge in [0.05, 0.1) is 0 Å². The molecular formula is C18H20N2O3. The van der Waals surface area contributed by atoms with Crippen LogP contribution in [0.1, 0.15) is 5.56 Å². The van der Waals surface area contributed by atoms with Crippen molar-refractivity contribution in [3.8, 4) is 18.1 Å². The molecule has 0 aliphatic carbocycles. The second kappa shape index (κ2) is 6.35. The zero-order chi connectivity index (χ0) is 16.4. The molecule has 1 aliphatic rings. The van der Waals surface area contributed by atoms with Gasteiger partial charge in [0, 0.05) is 37.6 Å². The molecule has 1 aliphatic heterocycles. The minimum absolute atomic E-state index is 0.189. The molecule has 5 heteroatoms. The SMILES string of the molecule is C#CCOc1ccc2c(C)c(N3CCN(C)CC3)c(=O)oc2c1. The Bertz CT molecular complexity index is 811. The summed E-state index contributed by atoms with van der Waals surface area (Å²) < 4.78 is 10.9. The predicted molar refractivity (Wildman–Crippen MR) is 91.3 cm³/mol. The third kappa shape index (κ3) is 3.03. The summed E-state index contributed by atoms with van der Waals surface area (Å²) in [5.41, 5.74) is 1.85. The van der Waals surface area contributed by atoms with Crippen molar-refractivity contribution in [3.63, 3.8) is 0 Å². The van der Waals surface area contributed by atoms with Crippen molar-refractivity contribution in [1.82, 2.24) is 4.90 Å². The number of nitrogens with zero attached hydrogens (tertiary/aromatic N) is 2. The van der Waals surface area contributed by atoms with E-state index in [4.69, 9.17) is 15.6 Å². The van der Waals surface area contributed by atoms with E-state index in [0.29, 0.717) is 17.0 Å². The van der Waals surface area contributed by atoms with Crippen LogP contribution in [0.3, 0.4) is 0 Å². The van der Waals surface area contributed by atoms with Gasteiger partial charge in [-0.15, -0.1) is 6.42 Å². The first-order valence-corrected chi connectivity index (χ1v) is 7.67. The van der Waals surface area contributed by atoms with E-state index >= 15 is 0 Å². The van der Waals surface area contributed by atoms with Crippen molar-refractivity contribution in [2.75, 3.05) is 44.7 Å². The van der Waals surface area contributed by atoms with E-state index < -0.39 is 0 Å². The Morgan fingerprint density at radius 3 is 2.74 bits per heavy atom. The fourth-order valence-corrected chi connectivity index (χ4v) is 2.94. The van der Waals surface area contributed by atoms with Gasteiger partial charge in [-0.1, -0.05) is 5.92 Å². The molecule has 0 saturated carbocycles. The number of hydrogen-bond acceptors (Lipinski definition) is 5. The van der Waals surface area contributed by atoms with E-state index in [2.05, 4.69) is 22.8 Å². The number of ether oxygens (including phenoxy) is 1. The number of piperazine rings is 1. The molecule has 1 aromatic heterocycles. The monoisotopic (exact) mass is 312 g/mol. The Balaban J connectivity index is 2.01. The van der Waals surface area contributed by atoms with E-state index in [1.807, 2.05) is 19.1 Å². The highest BCUT2D eigenvalue weighted by Crippen LogP contribution is 2.28. The lowest BCUT2D eigenvalue weighted by atomic mass is 10.1. The summed E-state index contributed by atoms with van der Waals surface area (Å²) in [7, 11) is 2.09. The van der Waals surface area contributed by atoms with Crippen LogP contribution < -0.4 is 15.3 Å². The molecule has 3 rings (SSSR count). The summed E-state index contributed by atoms with van der Waals surface area (Å²) in [5, 5.41) is 0.923. The number of anilines is 1. The topological polar surface area (TPSA) is 45.9 Å². The Kier molecular flexibility index (Phi) is 4.26. The number of benzene rings is 1. The summed E-state index contributed by atoms with van der Waals surface area (Å²) in [6.07, 6.45) is 5.19. The Morgan fingerprint density at radius 1 is 1.30 bits per heavy atom. The number of hydrogen-bond donors (Lipinski definition) is 0. The van der Waals surface area contributed by atoms with E-state index in [-0.39, 0.29) is 12.2 Å². The first-order chi connectivity index (χ1) is 11.1. The molecule has 2 aromatic rings. The van der Waals surface area contributed by atoms with E-state index in [1.165, 1.54) is 0 Å². The highest BCUT2D eigenvalue weighted by molar-refractivity contribution is 5.85. The lowest BCUT2D eigenvalue weighted by Crippen LogP contribution is -2.46. The van der Waals surface area contributed by atoms with Crippen molar-refractivity contribution < 1.29 is 9.15 Å². The number of likely N-dealkylation sites (N-methyl/N-ethyl adjacent to an activating group) is 1. The molecule has 0 radical (unpaired) electrons. The molecule has 5 nitrogen and oxygen atoms in total. The van der Waals surface area contributed by atoms with Crippen LogP contribution in [0.4, 0.5) is 5.69 Å². The van der Waals surface area contributed by atoms with Crippen LogP contribution in [-0.4, -0.2) is 44.7 Å². The van der Waals surface area contributed by atoms with Gasteiger partial charge in [-0.3, -0.25) is 0 Å². The zero-order valence-electron chi connectivity index (χ0n) is 13.5. The summed E-state index contributed by atoms with van der Waals surface area (Å²) in [6.45, 7) is 5.70. The summed E-state index contributed by atoms with van der Waals surface area (Å²) in [5.74, 6) is 3.02. The van der Waals surface area contributed by atoms with Crippen LogP contribution >= 0.6 is 0 Å². The molecule has 120 valence electrons. The molecule has 0 amide bonds. The second-order valence-corrected chi connectivity index (χ2v) is 5.80. The van der Waals surface area contributed by atoms with Gasteiger partial charge in [-0.2, -0.15) is 0 Å². The van der Waals surface area contributed by atoms with Gasteiger partial charge in [0.1, 0.15) is 23.6 Å². The van der Waals surface area contributed by atoms with Crippen LogP contribution in [0.25, 0.3) is 11.0 Å². The zero-order valence-corrected chi connectivity index (χ0v) is 13.5. The number of aryl methyl sites for hydroxylation is 1. The van der Waals surface area contributed by atoms with Gasteiger partial charge < -0.3 is 19.0 Å². The molecule has 23 heavy (non-hydrogen) atoms. The first-order valence-electron chi connectivity index (χ1n) is 7.67. The minimum Gasteiger partial charge on any atom is -0.481 e. The number of rotatable bonds is 3. The van der Waals surface area contributed by atoms with Gasteiger partial charge in [-0.05, 0) is 31.7 Å². The average molecular weight is 312 g/mol. The molecule has 1 saturated heterocycles. The van der Waals surface area contributed by atoms with Gasteiger partial charge in [-0.25, -0.2) is 4.79 Å². The maximum Gasteiger partial charge on any atom is 0.360 e. The third-order valence-corrected chi connectivity index (χ3v) is 4.25. The fraction of sp³-hybridized carbons (Fsp3) is 0.389. The highest BCUT2D eigenvalue weighted by Gasteiger charge is 2.21. The van der Waals surface area contributed by atoms with E-state index in [0.717, 1.165) is 37.1 Å². The Morgan fingerprint density at radius 2 is 2.04 bits per heavy atom. The standard InChI is InChI=1S/C18H20N2O3/c1-4-11-22-14-5-6-15-13(2)17(18(21)23-16(15)12-14)20-9-7-19(3)8-10-20/h1,5-6,12H,7-11H2,2-3H3.